The van der Waals surface area contributed by atoms with E-state index < -0.39 is 18.8 Å². The second-order valence-electron chi connectivity index (χ2n) is 3.40. The molecule has 17 heavy (non-hydrogen) atoms. The molecule has 3 N–H and O–H groups in total. The van der Waals surface area contributed by atoms with Gasteiger partial charge in [-0.1, -0.05) is 0 Å². The van der Waals surface area contributed by atoms with E-state index in [4.69, 9.17) is 19.0 Å². The van der Waals surface area contributed by atoms with E-state index in [9.17, 15) is 8.42 Å². The van der Waals surface area contributed by atoms with Gasteiger partial charge >= 0.3 is 8.80 Å². The maximum atomic E-state index is 11.5. The molecule has 0 heterocycles. The molecule has 9 heteroatoms. The zero-order chi connectivity index (χ0) is 13.4. The van der Waals surface area contributed by atoms with Crippen LogP contribution in [-0.2, 0) is 23.3 Å². The van der Waals surface area contributed by atoms with Gasteiger partial charge in [0.15, 0.2) is 0 Å². The van der Waals surface area contributed by atoms with Gasteiger partial charge in [0.1, 0.15) is 0 Å². The van der Waals surface area contributed by atoms with Crippen molar-refractivity contribution in [2.75, 3.05) is 40.2 Å². The molecule has 0 spiro atoms. The summed E-state index contributed by atoms with van der Waals surface area (Å²) >= 11 is 0. The fourth-order valence-electron chi connectivity index (χ4n) is 1.26. The summed E-state index contributed by atoms with van der Waals surface area (Å²) in [6.45, 7) is 0.586. The number of nitrogens with two attached hydrogens (primary N) is 1. The predicted octanol–water partition coefficient (Wildman–Crippen LogP) is -0.867. The molecule has 0 amide bonds. The standard InChI is InChI=1S/C8H22N2O5SSi/c1-13-17(14-2,15-3)8-6-10-16(11,12)7-4-5-9/h10H,4-9H2,1-3H3. The van der Waals surface area contributed by atoms with Crippen molar-refractivity contribution < 1.29 is 21.7 Å². The van der Waals surface area contributed by atoms with E-state index in [1.807, 2.05) is 0 Å². The molecule has 0 aromatic heterocycles. The van der Waals surface area contributed by atoms with Crippen LogP contribution in [0.5, 0.6) is 0 Å². The van der Waals surface area contributed by atoms with Gasteiger partial charge in [0, 0.05) is 33.9 Å². The summed E-state index contributed by atoms with van der Waals surface area (Å²) in [7, 11) is -1.50. The molecule has 0 bridgehead atoms. The number of sulfonamides is 1. The van der Waals surface area contributed by atoms with Crippen molar-refractivity contribution >= 4 is 18.8 Å². The Morgan fingerprint density at radius 3 is 2.12 bits per heavy atom. The Bertz CT molecular complexity index is 286. The van der Waals surface area contributed by atoms with E-state index in [1.165, 1.54) is 21.3 Å². The van der Waals surface area contributed by atoms with Crippen molar-refractivity contribution in [1.82, 2.24) is 4.72 Å². The lowest BCUT2D eigenvalue weighted by atomic mass is 10.5. The first-order valence-corrected chi connectivity index (χ1v) is 8.86. The van der Waals surface area contributed by atoms with Gasteiger partial charge < -0.3 is 19.0 Å². The van der Waals surface area contributed by atoms with Gasteiger partial charge in [-0.2, -0.15) is 0 Å². The van der Waals surface area contributed by atoms with E-state index >= 15 is 0 Å². The SMILES string of the molecule is CO[Si](CCNS(=O)(=O)CCCN)(OC)OC. The highest BCUT2D eigenvalue weighted by Crippen LogP contribution is 2.11. The molecule has 0 aromatic carbocycles. The quantitative estimate of drug-likeness (QED) is 0.507. The minimum absolute atomic E-state index is 0.0327. The van der Waals surface area contributed by atoms with Crippen molar-refractivity contribution in [3.05, 3.63) is 0 Å². The van der Waals surface area contributed by atoms with Crippen molar-refractivity contribution in [2.45, 2.75) is 12.5 Å². The minimum atomic E-state index is -3.27. The van der Waals surface area contributed by atoms with Crippen LogP contribution in [0.3, 0.4) is 0 Å². The van der Waals surface area contributed by atoms with E-state index in [1.54, 1.807) is 0 Å². The summed E-state index contributed by atoms with van der Waals surface area (Å²) in [6, 6.07) is 0.387. The highest BCUT2D eigenvalue weighted by molar-refractivity contribution is 7.89. The normalized spacial score (nSPS) is 12.9. The maximum Gasteiger partial charge on any atom is 0.501 e. The molecule has 0 rings (SSSR count). The van der Waals surface area contributed by atoms with Crippen LogP contribution in [0.4, 0.5) is 0 Å². The van der Waals surface area contributed by atoms with Crippen molar-refractivity contribution in [3.8, 4) is 0 Å². The monoisotopic (exact) mass is 286 g/mol. The third-order valence-corrected chi connectivity index (χ3v) is 6.50. The second-order valence-corrected chi connectivity index (χ2v) is 8.42. The van der Waals surface area contributed by atoms with Crippen molar-refractivity contribution in [3.63, 3.8) is 0 Å². The third-order valence-electron chi connectivity index (χ3n) is 2.30. The number of hydrogen-bond donors (Lipinski definition) is 2. The van der Waals surface area contributed by atoms with Crippen LogP contribution in [0.25, 0.3) is 0 Å². The molecule has 0 aliphatic heterocycles. The third kappa shape index (κ3) is 6.45. The average Bonchev–Trinajstić information content (AvgIpc) is 2.33. The van der Waals surface area contributed by atoms with Crippen LogP contribution in [0.2, 0.25) is 6.04 Å². The van der Waals surface area contributed by atoms with E-state index in [-0.39, 0.29) is 12.3 Å². The molecule has 0 radical (unpaired) electrons. The molecule has 0 unspecified atom stereocenters. The zero-order valence-corrected chi connectivity index (χ0v) is 12.4. The molecule has 0 saturated carbocycles. The number of rotatable bonds is 10. The van der Waals surface area contributed by atoms with Crippen LogP contribution >= 0.6 is 0 Å². The molecule has 0 atom stereocenters. The summed E-state index contributed by atoms with van der Waals surface area (Å²) in [5, 5.41) is 0. The zero-order valence-electron chi connectivity index (χ0n) is 10.6. The van der Waals surface area contributed by atoms with Gasteiger partial charge in [0.05, 0.1) is 5.75 Å². The Labute approximate surface area is 104 Å². The molecule has 0 aromatic rings. The van der Waals surface area contributed by atoms with E-state index in [0.29, 0.717) is 19.0 Å². The van der Waals surface area contributed by atoms with E-state index in [0.717, 1.165) is 0 Å². The predicted molar refractivity (Wildman–Crippen MR) is 67.0 cm³/mol. The maximum absolute atomic E-state index is 11.5. The molecule has 0 aliphatic carbocycles. The van der Waals surface area contributed by atoms with Crippen LogP contribution in [0.1, 0.15) is 6.42 Å². The van der Waals surface area contributed by atoms with Gasteiger partial charge in [0.25, 0.3) is 0 Å². The summed E-state index contributed by atoms with van der Waals surface area (Å²) in [4.78, 5) is 0. The highest BCUT2D eigenvalue weighted by atomic mass is 32.2. The lowest BCUT2D eigenvalue weighted by Crippen LogP contribution is -2.45. The highest BCUT2D eigenvalue weighted by Gasteiger charge is 2.37. The Hall–Kier alpha value is -0.0331. The number of hydrogen-bond acceptors (Lipinski definition) is 6. The summed E-state index contributed by atoms with van der Waals surface area (Å²) < 4.78 is 40.9. The first kappa shape index (κ1) is 17.0. The van der Waals surface area contributed by atoms with Crippen LogP contribution in [0, 0.1) is 0 Å². The topological polar surface area (TPSA) is 99.9 Å². The minimum Gasteiger partial charge on any atom is -0.377 e. The Morgan fingerprint density at radius 1 is 1.18 bits per heavy atom. The Morgan fingerprint density at radius 2 is 1.71 bits per heavy atom. The van der Waals surface area contributed by atoms with Crippen molar-refractivity contribution in [1.29, 1.82) is 0 Å². The van der Waals surface area contributed by atoms with Crippen LogP contribution < -0.4 is 10.5 Å². The summed E-state index contributed by atoms with van der Waals surface area (Å²) in [6.07, 6.45) is 0.441. The summed E-state index contributed by atoms with van der Waals surface area (Å²) in [5.74, 6) is 0.0327. The van der Waals surface area contributed by atoms with Gasteiger partial charge in [-0.05, 0) is 13.0 Å². The largest absolute Gasteiger partial charge is 0.501 e. The number of nitrogens with one attached hydrogen (secondary N) is 1. The molecular weight excluding hydrogens is 264 g/mol. The summed E-state index contributed by atoms with van der Waals surface area (Å²) in [5.41, 5.74) is 5.25. The fraction of sp³-hybridized carbons (Fsp3) is 1.00. The first-order valence-electron chi connectivity index (χ1n) is 5.28. The lowest BCUT2D eigenvalue weighted by Gasteiger charge is -2.24. The smallest absolute Gasteiger partial charge is 0.377 e. The molecule has 0 fully saturated rings. The Balaban J connectivity index is 4.12. The van der Waals surface area contributed by atoms with Crippen LogP contribution in [-0.4, -0.2) is 57.4 Å². The molecule has 0 saturated heterocycles. The first-order chi connectivity index (χ1) is 7.95. The van der Waals surface area contributed by atoms with Crippen molar-refractivity contribution in [2.24, 2.45) is 5.73 Å². The van der Waals surface area contributed by atoms with Gasteiger partial charge in [-0.3, -0.25) is 0 Å². The average molecular weight is 286 g/mol. The Kier molecular flexibility index (Phi) is 8.12. The molecule has 0 aliphatic rings. The molecular formula is C8H22N2O5SSi. The lowest BCUT2D eigenvalue weighted by molar-refractivity contribution is 0.124. The van der Waals surface area contributed by atoms with E-state index in [2.05, 4.69) is 4.72 Å². The fourth-order valence-corrected chi connectivity index (χ4v) is 4.09. The van der Waals surface area contributed by atoms with Gasteiger partial charge in [-0.25, -0.2) is 13.1 Å². The van der Waals surface area contributed by atoms with Gasteiger partial charge in [-0.15, -0.1) is 0 Å². The van der Waals surface area contributed by atoms with Crippen LogP contribution in [0.15, 0.2) is 0 Å². The van der Waals surface area contributed by atoms with Gasteiger partial charge in [0.2, 0.25) is 10.0 Å². The molecule has 7 nitrogen and oxygen atoms in total. The molecule has 104 valence electrons. The second kappa shape index (κ2) is 8.14.